The number of amides is 1. The number of nitrogens with one attached hydrogen (secondary N) is 2. The average Bonchev–Trinajstić information content (AvgIpc) is 2.64. The first-order chi connectivity index (χ1) is 12.2. The molecule has 0 saturated carbocycles. The van der Waals surface area contributed by atoms with Gasteiger partial charge in [0.05, 0.1) is 18.3 Å². The van der Waals surface area contributed by atoms with Crippen LogP contribution in [-0.2, 0) is 4.79 Å². The summed E-state index contributed by atoms with van der Waals surface area (Å²) in [5, 5.41) is 6.22. The van der Waals surface area contributed by atoms with Crippen LogP contribution < -0.4 is 10.6 Å². The van der Waals surface area contributed by atoms with Crippen molar-refractivity contribution in [3.8, 4) is 0 Å². The highest BCUT2D eigenvalue weighted by molar-refractivity contribution is 14.1. The average molecular weight is 443 g/mol. The summed E-state index contributed by atoms with van der Waals surface area (Å²) < 4.78 is 1.08. The number of rotatable bonds is 6. The molecule has 126 valence electrons. The van der Waals surface area contributed by atoms with E-state index >= 15 is 0 Å². The van der Waals surface area contributed by atoms with E-state index in [4.69, 9.17) is 0 Å². The molecule has 1 unspecified atom stereocenters. The van der Waals surface area contributed by atoms with Gasteiger partial charge in [0.15, 0.2) is 0 Å². The molecule has 2 aromatic carbocycles. The van der Waals surface area contributed by atoms with Crippen LogP contribution in [0.25, 0.3) is 0 Å². The molecule has 4 nitrogen and oxygen atoms in total. The SMILES string of the molecule is O=C(CNC(c1ccccc1)c1ccccn1)Nc1cccc(I)c1. The van der Waals surface area contributed by atoms with Crippen LogP contribution in [-0.4, -0.2) is 17.4 Å². The Kier molecular flexibility index (Phi) is 6.14. The second-order valence-electron chi connectivity index (χ2n) is 5.54. The molecule has 0 bridgehead atoms. The maximum atomic E-state index is 12.3. The van der Waals surface area contributed by atoms with Crippen molar-refractivity contribution in [2.75, 3.05) is 11.9 Å². The molecule has 0 aliphatic heterocycles. The van der Waals surface area contributed by atoms with Crippen molar-refractivity contribution < 1.29 is 4.79 Å². The maximum absolute atomic E-state index is 12.3. The number of halogens is 1. The zero-order valence-electron chi connectivity index (χ0n) is 13.5. The molecule has 1 atom stereocenters. The lowest BCUT2D eigenvalue weighted by atomic mass is 10.0. The number of aromatic nitrogens is 1. The summed E-state index contributed by atoms with van der Waals surface area (Å²) in [6, 6.07) is 23.4. The van der Waals surface area contributed by atoms with Gasteiger partial charge in [-0.3, -0.25) is 15.1 Å². The van der Waals surface area contributed by atoms with Gasteiger partial charge >= 0.3 is 0 Å². The van der Waals surface area contributed by atoms with Gasteiger partial charge in [0, 0.05) is 15.5 Å². The van der Waals surface area contributed by atoms with Crippen LogP contribution in [0.5, 0.6) is 0 Å². The number of carbonyl (C=O) groups is 1. The molecule has 2 N–H and O–H groups in total. The van der Waals surface area contributed by atoms with Crippen molar-refractivity contribution in [3.63, 3.8) is 0 Å². The van der Waals surface area contributed by atoms with E-state index in [9.17, 15) is 4.79 Å². The Morgan fingerprint density at radius 2 is 1.80 bits per heavy atom. The van der Waals surface area contributed by atoms with E-state index in [-0.39, 0.29) is 18.5 Å². The summed E-state index contributed by atoms with van der Waals surface area (Å²) >= 11 is 2.22. The molecule has 1 amide bonds. The lowest BCUT2D eigenvalue weighted by Gasteiger charge is -2.18. The Morgan fingerprint density at radius 3 is 2.52 bits per heavy atom. The molecule has 5 heteroatoms. The Bertz CT molecular complexity index is 785. The number of benzene rings is 2. The fourth-order valence-corrected chi connectivity index (χ4v) is 3.09. The van der Waals surface area contributed by atoms with Gasteiger partial charge in [0.25, 0.3) is 0 Å². The third kappa shape index (κ3) is 5.11. The normalized spacial score (nSPS) is 11.7. The van der Waals surface area contributed by atoms with Crippen LogP contribution in [0, 0.1) is 3.57 Å². The zero-order chi connectivity index (χ0) is 17.5. The van der Waals surface area contributed by atoms with E-state index in [1.54, 1.807) is 6.20 Å². The fourth-order valence-electron chi connectivity index (χ4n) is 2.55. The molecular formula is C20H18IN3O. The number of carbonyl (C=O) groups excluding carboxylic acids is 1. The van der Waals surface area contributed by atoms with Crippen molar-refractivity contribution in [2.45, 2.75) is 6.04 Å². The third-order valence-corrected chi connectivity index (χ3v) is 4.36. The van der Waals surface area contributed by atoms with E-state index in [0.717, 1.165) is 20.5 Å². The van der Waals surface area contributed by atoms with Crippen molar-refractivity contribution in [1.82, 2.24) is 10.3 Å². The summed E-state index contributed by atoms with van der Waals surface area (Å²) in [5.41, 5.74) is 2.76. The van der Waals surface area contributed by atoms with Crippen LogP contribution in [0.3, 0.4) is 0 Å². The second kappa shape index (κ2) is 8.73. The van der Waals surface area contributed by atoms with E-state index in [2.05, 4.69) is 38.2 Å². The Hall–Kier alpha value is -2.25. The molecule has 0 aliphatic rings. The minimum atomic E-state index is -0.135. The van der Waals surface area contributed by atoms with Crippen LogP contribution in [0.2, 0.25) is 0 Å². The number of nitrogens with zero attached hydrogens (tertiary/aromatic N) is 1. The Morgan fingerprint density at radius 1 is 1.00 bits per heavy atom. The zero-order valence-corrected chi connectivity index (χ0v) is 15.7. The van der Waals surface area contributed by atoms with Gasteiger partial charge in [-0.25, -0.2) is 0 Å². The Labute approximate surface area is 160 Å². The standard InChI is InChI=1S/C20H18IN3O/c21-16-9-6-10-17(13-16)24-19(25)14-23-20(15-7-2-1-3-8-15)18-11-4-5-12-22-18/h1-13,20,23H,14H2,(H,24,25). The predicted molar refractivity (Wildman–Crippen MR) is 108 cm³/mol. The summed E-state index contributed by atoms with van der Waals surface area (Å²) in [6.45, 7) is 0.196. The van der Waals surface area contributed by atoms with Crippen molar-refractivity contribution in [2.24, 2.45) is 0 Å². The molecule has 0 radical (unpaired) electrons. The van der Waals surface area contributed by atoms with Crippen molar-refractivity contribution in [1.29, 1.82) is 0 Å². The third-order valence-electron chi connectivity index (χ3n) is 3.69. The van der Waals surface area contributed by atoms with E-state index < -0.39 is 0 Å². The molecule has 1 aromatic heterocycles. The highest BCUT2D eigenvalue weighted by Crippen LogP contribution is 2.19. The van der Waals surface area contributed by atoms with Gasteiger partial charge in [-0.1, -0.05) is 42.5 Å². The topological polar surface area (TPSA) is 54.0 Å². The lowest BCUT2D eigenvalue weighted by molar-refractivity contribution is -0.115. The molecule has 0 aliphatic carbocycles. The first-order valence-corrected chi connectivity index (χ1v) is 9.05. The lowest BCUT2D eigenvalue weighted by Crippen LogP contribution is -2.32. The minimum absolute atomic E-state index is 0.0844. The highest BCUT2D eigenvalue weighted by atomic mass is 127. The smallest absolute Gasteiger partial charge is 0.238 e. The maximum Gasteiger partial charge on any atom is 0.238 e. The van der Waals surface area contributed by atoms with Gasteiger partial charge < -0.3 is 5.32 Å². The van der Waals surface area contributed by atoms with E-state index in [1.165, 1.54) is 0 Å². The summed E-state index contributed by atoms with van der Waals surface area (Å²) in [4.78, 5) is 16.7. The molecule has 0 spiro atoms. The number of hydrogen-bond donors (Lipinski definition) is 2. The first kappa shape index (κ1) is 17.6. The van der Waals surface area contributed by atoms with Gasteiger partial charge in [-0.05, 0) is 58.5 Å². The van der Waals surface area contributed by atoms with Crippen LogP contribution >= 0.6 is 22.6 Å². The van der Waals surface area contributed by atoms with Gasteiger partial charge in [0.1, 0.15) is 0 Å². The van der Waals surface area contributed by atoms with Gasteiger partial charge in [-0.2, -0.15) is 0 Å². The minimum Gasteiger partial charge on any atom is -0.325 e. The molecule has 1 heterocycles. The molecule has 3 rings (SSSR count). The van der Waals surface area contributed by atoms with Crippen LogP contribution in [0.1, 0.15) is 17.3 Å². The van der Waals surface area contributed by atoms with Crippen LogP contribution in [0.15, 0.2) is 79.0 Å². The number of hydrogen-bond acceptors (Lipinski definition) is 3. The monoisotopic (exact) mass is 443 g/mol. The molecular weight excluding hydrogens is 425 g/mol. The van der Waals surface area contributed by atoms with Gasteiger partial charge in [0.2, 0.25) is 5.91 Å². The summed E-state index contributed by atoms with van der Waals surface area (Å²) in [5.74, 6) is -0.0844. The van der Waals surface area contributed by atoms with Gasteiger partial charge in [-0.15, -0.1) is 0 Å². The summed E-state index contributed by atoms with van der Waals surface area (Å²) in [6.07, 6.45) is 1.76. The number of pyridine rings is 1. The highest BCUT2D eigenvalue weighted by Gasteiger charge is 2.16. The quantitative estimate of drug-likeness (QED) is 0.567. The second-order valence-corrected chi connectivity index (χ2v) is 6.78. The Balaban J connectivity index is 1.70. The van der Waals surface area contributed by atoms with Crippen LogP contribution in [0.4, 0.5) is 5.69 Å². The molecule has 3 aromatic rings. The molecule has 0 fully saturated rings. The first-order valence-electron chi connectivity index (χ1n) is 7.97. The van der Waals surface area contributed by atoms with Crippen molar-refractivity contribution >= 4 is 34.2 Å². The fraction of sp³-hybridized carbons (Fsp3) is 0.100. The largest absolute Gasteiger partial charge is 0.325 e. The molecule has 0 saturated heterocycles. The van der Waals surface area contributed by atoms with E-state index in [1.807, 2.05) is 72.8 Å². The number of anilines is 1. The predicted octanol–water partition coefficient (Wildman–Crippen LogP) is 4.00. The summed E-state index contributed by atoms with van der Waals surface area (Å²) in [7, 11) is 0. The molecule has 25 heavy (non-hydrogen) atoms. The van der Waals surface area contributed by atoms with E-state index in [0.29, 0.717) is 0 Å². The van der Waals surface area contributed by atoms with Crippen molar-refractivity contribution in [3.05, 3.63) is 93.8 Å².